The van der Waals surface area contributed by atoms with Crippen molar-refractivity contribution in [2.75, 3.05) is 0 Å². The van der Waals surface area contributed by atoms with Crippen molar-refractivity contribution in [3.05, 3.63) is 54.4 Å². The molecule has 0 unspecified atom stereocenters. The van der Waals surface area contributed by atoms with Gasteiger partial charge >= 0.3 is 0 Å². The van der Waals surface area contributed by atoms with E-state index in [9.17, 15) is 4.79 Å². The fourth-order valence-corrected chi connectivity index (χ4v) is 1.22. The molecule has 2 N–H and O–H groups in total. The second kappa shape index (κ2) is 5.66. The molecule has 0 bridgehead atoms. The number of nitrogens with one attached hydrogen (secondary N) is 2. The number of pyridine rings is 1. The van der Waals surface area contributed by atoms with Gasteiger partial charge in [-0.25, -0.2) is 15.4 Å². The van der Waals surface area contributed by atoms with Crippen LogP contribution < -0.4 is 10.9 Å². The number of nitrogens with zero attached hydrogens (tertiary/aromatic N) is 3. The fourth-order valence-electron chi connectivity index (χ4n) is 1.22. The lowest BCUT2D eigenvalue weighted by Gasteiger charge is -2.06. The van der Waals surface area contributed by atoms with Gasteiger partial charge < -0.3 is 0 Å². The van der Waals surface area contributed by atoms with Crippen molar-refractivity contribution >= 4 is 5.91 Å². The molecule has 0 spiro atoms. The molecule has 6 nitrogen and oxygen atoms in total. The van der Waals surface area contributed by atoms with Gasteiger partial charge in [-0.1, -0.05) is 0 Å². The zero-order valence-electron chi connectivity index (χ0n) is 9.00. The number of hydrogen-bond donors (Lipinski definition) is 2. The first kappa shape index (κ1) is 11.2. The Labute approximate surface area is 98.1 Å². The van der Waals surface area contributed by atoms with E-state index in [4.69, 9.17) is 0 Å². The van der Waals surface area contributed by atoms with E-state index in [-0.39, 0.29) is 5.91 Å². The molecule has 0 radical (unpaired) electrons. The van der Waals surface area contributed by atoms with Gasteiger partial charge in [0, 0.05) is 31.3 Å². The third-order valence-corrected chi connectivity index (χ3v) is 2.07. The molecule has 0 saturated heterocycles. The summed E-state index contributed by atoms with van der Waals surface area (Å²) in [7, 11) is 0. The highest BCUT2D eigenvalue weighted by molar-refractivity contribution is 5.93. The van der Waals surface area contributed by atoms with Crippen LogP contribution in [-0.4, -0.2) is 20.9 Å². The smallest absolute Gasteiger partial charge is 0.268 e. The van der Waals surface area contributed by atoms with Crippen LogP contribution in [0.4, 0.5) is 0 Å². The summed E-state index contributed by atoms with van der Waals surface area (Å²) in [5.74, 6) is -0.264. The van der Waals surface area contributed by atoms with E-state index in [1.54, 1.807) is 12.4 Å². The highest BCUT2D eigenvalue weighted by Gasteiger charge is 2.03. The maximum Gasteiger partial charge on any atom is 0.268 e. The molecular formula is C11H11N5O. The largest absolute Gasteiger partial charge is 0.287 e. The van der Waals surface area contributed by atoms with Crippen molar-refractivity contribution in [2.45, 2.75) is 6.54 Å². The van der Waals surface area contributed by atoms with E-state index in [2.05, 4.69) is 25.8 Å². The zero-order valence-corrected chi connectivity index (χ0v) is 9.00. The Bertz CT molecular complexity index is 474. The number of carbonyl (C=O) groups is 1. The number of hydrogen-bond acceptors (Lipinski definition) is 5. The molecular weight excluding hydrogens is 218 g/mol. The zero-order chi connectivity index (χ0) is 11.9. The second-order valence-corrected chi connectivity index (χ2v) is 3.29. The minimum absolute atomic E-state index is 0.264. The van der Waals surface area contributed by atoms with Gasteiger partial charge in [0.2, 0.25) is 0 Å². The van der Waals surface area contributed by atoms with Crippen LogP contribution in [0.2, 0.25) is 0 Å². The van der Waals surface area contributed by atoms with Crippen LogP contribution in [0.5, 0.6) is 0 Å². The molecule has 0 aliphatic rings. The second-order valence-electron chi connectivity index (χ2n) is 3.29. The molecule has 2 rings (SSSR count). The molecule has 0 aliphatic carbocycles. The van der Waals surface area contributed by atoms with Crippen LogP contribution in [0.25, 0.3) is 0 Å². The lowest BCUT2D eigenvalue weighted by atomic mass is 10.3. The fraction of sp³-hybridized carbons (Fsp3) is 0.0909. The first-order valence-corrected chi connectivity index (χ1v) is 5.03. The third-order valence-electron chi connectivity index (χ3n) is 2.07. The molecule has 6 heteroatoms. The lowest BCUT2D eigenvalue weighted by Crippen LogP contribution is -2.36. The van der Waals surface area contributed by atoms with Gasteiger partial charge in [0.05, 0.1) is 5.56 Å². The predicted octanol–water partition coefficient (Wildman–Crippen LogP) is 0.306. The van der Waals surface area contributed by atoms with Crippen LogP contribution in [0.1, 0.15) is 15.9 Å². The number of carbonyl (C=O) groups excluding carboxylic acids is 1. The van der Waals surface area contributed by atoms with Crippen LogP contribution in [0, 0.1) is 0 Å². The first-order valence-electron chi connectivity index (χ1n) is 5.03. The first-order chi connectivity index (χ1) is 8.36. The van der Waals surface area contributed by atoms with Gasteiger partial charge in [-0.15, -0.1) is 0 Å². The highest BCUT2D eigenvalue weighted by atomic mass is 16.2. The Kier molecular flexibility index (Phi) is 3.72. The average Bonchev–Trinajstić information content (AvgIpc) is 2.41. The maximum atomic E-state index is 11.6. The molecule has 2 heterocycles. The molecule has 0 atom stereocenters. The molecule has 1 amide bonds. The summed E-state index contributed by atoms with van der Waals surface area (Å²) in [5, 5.41) is 0. The molecule has 86 valence electrons. The highest BCUT2D eigenvalue weighted by Crippen LogP contribution is 1.94. The summed E-state index contributed by atoms with van der Waals surface area (Å²) < 4.78 is 0. The number of rotatable bonds is 4. The van der Waals surface area contributed by atoms with Crippen molar-refractivity contribution in [3.63, 3.8) is 0 Å². The molecule has 0 aromatic carbocycles. The SMILES string of the molecule is O=C(NNCc1ccncc1)c1cncnc1. The summed E-state index contributed by atoms with van der Waals surface area (Å²) >= 11 is 0. The van der Waals surface area contributed by atoms with Crippen molar-refractivity contribution in [2.24, 2.45) is 0 Å². The Hall–Kier alpha value is -2.34. The normalized spacial score (nSPS) is 9.88. The quantitative estimate of drug-likeness (QED) is 0.737. The summed E-state index contributed by atoms with van der Waals surface area (Å²) in [6.45, 7) is 0.530. The van der Waals surface area contributed by atoms with E-state index < -0.39 is 0 Å². The van der Waals surface area contributed by atoms with Gasteiger partial charge in [-0.3, -0.25) is 15.2 Å². The van der Waals surface area contributed by atoms with E-state index in [1.165, 1.54) is 18.7 Å². The van der Waals surface area contributed by atoms with Crippen LogP contribution in [0.15, 0.2) is 43.2 Å². The number of hydrazine groups is 1. The van der Waals surface area contributed by atoms with Crippen molar-refractivity contribution in [3.8, 4) is 0 Å². The minimum Gasteiger partial charge on any atom is -0.287 e. The molecule has 17 heavy (non-hydrogen) atoms. The molecule has 2 aromatic rings. The third kappa shape index (κ3) is 3.32. The summed E-state index contributed by atoms with van der Waals surface area (Å²) in [6, 6.07) is 3.73. The number of amides is 1. The number of aromatic nitrogens is 3. The van der Waals surface area contributed by atoms with Crippen LogP contribution >= 0.6 is 0 Å². The van der Waals surface area contributed by atoms with Gasteiger partial charge in [-0.05, 0) is 17.7 Å². The Morgan fingerprint density at radius 1 is 1.12 bits per heavy atom. The van der Waals surface area contributed by atoms with Gasteiger partial charge in [0.1, 0.15) is 6.33 Å². The molecule has 0 aliphatic heterocycles. The molecule has 2 aromatic heterocycles. The van der Waals surface area contributed by atoms with Crippen molar-refractivity contribution < 1.29 is 4.79 Å². The standard InChI is InChI=1S/C11H11N5O/c17-11(10-6-13-8-14-7-10)16-15-5-9-1-3-12-4-2-9/h1-4,6-8,15H,5H2,(H,16,17). The Morgan fingerprint density at radius 3 is 2.53 bits per heavy atom. The Morgan fingerprint density at radius 2 is 1.82 bits per heavy atom. The van der Waals surface area contributed by atoms with E-state index in [1.807, 2.05) is 12.1 Å². The van der Waals surface area contributed by atoms with Crippen molar-refractivity contribution in [1.29, 1.82) is 0 Å². The van der Waals surface area contributed by atoms with E-state index in [0.29, 0.717) is 12.1 Å². The monoisotopic (exact) mass is 229 g/mol. The average molecular weight is 229 g/mol. The minimum atomic E-state index is -0.264. The summed E-state index contributed by atoms with van der Waals surface area (Å²) in [6.07, 6.45) is 7.68. The molecule has 0 saturated carbocycles. The van der Waals surface area contributed by atoms with Crippen LogP contribution in [0.3, 0.4) is 0 Å². The van der Waals surface area contributed by atoms with Crippen LogP contribution in [-0.2, 0) is 6.54 Å². The van der Waals surface area contributed by atoms with E-state index >= 15 is 0 Å². The molecule has 0 fully saturated rings. The maximum absolute atomic E-state index is 11.6. The predicted molar refractivity (Wildman–Crippen MR) is 60.6 cm³/mol. The van der Waals surface area contributed by atoms with Crippen molar-refractivity contribution in [1.82, 2.24) is 25.8 Å². The summed E-state index contributed by atoms with van der Waals surface area (Å²) in [5.41, 5.74) is 6.82. The lowest BCUT2D eigenvalue weighted by molar-refractivity contribution is 0.0931. The Balaban J connectivity index is 1.82. The van der Waals surface area contributed by atoms with Gasteiger partial charge in [-0.2, -0.15) is 0 Å². The van der Waals surface area contributed by atoms with Gasteiger partial charge in [0.15, 0.2) is 0 Å². The topological polar surface area (TPSA) is 79.8 Å². The van der Waals surface area contributed by atoms with Gasteiger partial charge in [0.25, 0.3) is 5.91 Å². The summed E-state index contributed by atoms with van der Waals surface area (Å²) in [4.78, 5) is 23.0. The van der Waals surface area contributed by atoms with E-state index in [0.717, 1.165) is 5.56 Å².